The normalized spacial score (nSPS) is 12.2. The van der Waals surface area contributed by atoms with Crippen molar-refractivity contribution in [1.82, 2.24) is 0 Å². The van der Waals surface area contributed by atoms with Gasteiger partial charge in [0.2, 0.25) is 0 Å². The summed E-state index contributed by atoms with van der Waals surface area (Å²) in [6, 6.07) is 72.9. The number of rotatable bonds is 2. The molecule has 0 bridgehead atoms. The maximum Gasteiger partial charge on any atom is 0.0362 e. The molecule has 0 aliphatic heterocycles. The van der Waals surface area contributed by atoms with Crippen molar-refractivity contribution in [3.8, 4) is 22.3 Å². The van der Waals surface area contributed by atoms with Crippen LogP contribution in [0.3, 0.4) is 0 Å². The smallest absolute Gasteiger partial charge is 0.0362 e. The molecule has 0 amide bonds. The molecule has 1 heteroatoms. The standard InChI is InChI=1S/C56H32S/c1-2-13-36-30-53-51(27-35(36)12-1)52-31-49-41-16-6-5-15-40(41)48-29-38(25-26-42(48)50(49)32-54(52)57-53)56-45-19-9-7-17-43(45)55(44-18-8-10-20-46(44)56)37-24-23-34-22-21-33-11-3-4-14-39(33)47(34)28-37/h1-32H. The summed E-state index contributed by atoms with van der Waals surface area (Å²) >= 11 is 1.91. The van der Waals surface area contributed by atoms with Crippen LogP contribution >= 0.6 is 11.3 Å². The molecule has 0 atom stereocenters. The number of fused-ring (bicyclic) bond motifs is 15. The van der Waals surface area contributed by atoms with Gasteiger partial charge in [0.1, 0.15) is 0 Å². The van der Waals surface area contributed by atoms with Gasteiger partial charge >= 0.3 is 0 Å². The fraction of sp³-hybridized carbons (Fsp3) is 0. The van der Waals surface area contributed by atoms with Gasteiger partial charge < -0.3 is 0 Å². The fourth-order valence-corrected chi connectivity index (χ4v) is 11.1. The van der Waals surface area contributed by atoms with Crippen molar-refractivity contribution in [1.29, 1.82) is 0 Å². The van der Waals surface area contributed by atoms with E-state index in [0.29, 0.717) is 0 Å². The van der Waals surface area contributed by atoms with E-state index >= 15 is 0 Å². The summed E-state index contributed by atoms with van der Waals surface area (Å²) in [7, 11) is 0. The van der Waals surface area contributed by atoms with Crippen LogP contribution in [0.2, 0.25) is 0 Å². The third-order valence-electron chi connectivity index (χ3n) is 12.6. The molecule has 0 saturated heterocycles. The largest absolute Gasteiger partial charge is 0.135 e. The minimum absolute atomic E-state index is 1.24. The molecule has 0 spiro atoms. The van der Waals surface area contributed by atoms with Crippen LogP contribution in [0, 0.1) is 0 Å². The molecule has 57 heavy (non-hydrogen) atoms. The molecule has 12 aromatic carbocycles. The van der Waals surface area contributed by atoms with Crippen LogP contribution in [0.15, 0.2) is 194 Å². The van der Waals surface area contributed by atoms with E-state index in [1.807, 2.05) is 11.3 Å². The van der Waals surface area contributed by atoms with Crippen molar-refractivity contribution in [2.24, 2.45) is 0 Å². The fourth-order valence-electron chi connectivity index (χ4n) is 9.97. The predicted molar refractivity (Wildman–Crippen MR) is 250 cm³/mol. The lowest BCUT2D eigenvalue weighted by atomic mass is 9.84. The first-order valence-corrected chi connectivity index (χ1v) is 20.6. The molecule has 13 rings (SSSR count). The zero-order chi connectivity index (χ0) is 37.2. The van der Waals surface area contributed by atoms with Crippen molar-refractivity contribution in [3.63, 3.8) is 0 Å². The van der Waals surface area contributed by atoms with Gasteiger partial charge in [-0.15, -0.1) is 11.3 Å². The van der Waals surface area contributed by atoms with Crippen molar-refractivity contribution in [2.75, 3.05) is 0 Å². The number of benzene rings is 12. The summed E-state index contributed by atoms with van der Waals surface area (Å²) in [6.07, 6.45) is 0. The lowest BCUT2D eigenvalue weighted by molar-refractivity contribution is 1.69. The van der Waals surface area contributed by atoms with Crippen LogP contribution in [0.5, 0.6) is 0 Å². The monoisotopic (exact) mass is 736 g/mol. The van der Waals surface area contributed by atoms with E-state index in [1.165, 1.54) is 129 Å². The number of thiophene rings is 1. The summed E-state index contributed by atoms with van der Waals surface area (Å²) < 4.78 is 2.68. The van der Waals surface area contributed by atoms with Gasteiger partial charge in [-0.05, 0) is 145 Å². The lowest BCUT2D eigenvalue weighted by Gasteiger charge is -2.19. The Bertz CT molecular complexity index is 3810. The molecule has 0 unspecified atom stereocenters. The van der Waals surface area contributed by atoms with Gasteiger partial charge in [-0.25, -0.2) is 0 Å². The van der Waals surface area contributed by atoms with E-state index in [1.54, 1.807) is 0 Å². The molecule has 1 aromatic heterocycles. The topological polar surface area (TPSA) is 0 Å². The first-order valence-electron chi connectivity index (χ1n) is 19.7. The van der Waals surface area contributed by atoms with Gasteiger partial charge in [-0.3, -0.25) is 0 Å². The molecule has 0 N–H and O–H groups in total. The summed E-state index contributed by atoms with van der Waals surface area (Å²) in [6.45, 7) is 0. The van der Waals surface area contributed by atoms with Crippen LogP contribution in [0.25, 0.3) is 129 Å². The van der Waals surface area contributed by atoms with Crippen LogP contribution in [-0.4, -0.2) is 0 Å². The minimum atomic E-state index is 1.24. The highest BCUT2D eigenvalue weighted by Crippen LogP contribution is 2.47. The first kappa shape index (κ1) is 31.2. The number of hydrogen-bond donors (Lipinski definition) is 0. The zero-order valence-corrected chi connectivity index (χ0v) is 31.7. The molecule has 0 fully saturated rings. The molecule has 0 aliphatic rings. The van der Waals surface area contributed by atoms with Crippen LogP contribution in [-0.2, 0) is 0 Å². The van der Waals surface area contributed by atoms with E-state index < -0.39 is 0 Å². The van der Waals surface area contributed by atoms with Gasteiger partial charge in [0.05, 0.1) is 0 Å². The Kier molecular flexibility index (Phi) is 6.41. The highest BCUT2D eigenvalue weighted by atomic mass is 32.1. The maximum absolute atomic E-state index is 2.47. The third-order valence-corrected chi connectivity index (χ3v) is 13.7. The van der Waals surface area contributed by atoms with Crippen molar-refractivity contribution in [3.05, 3.63) is 194 Å². The average molecular weight is 737 g/mol. The zero-order valence-electron chi connectivity index (χ0n) is 30.9. The van der Waals surface area contributed by atoms with Gasteiger partial charge in [-0.2, -0.15) is 0 Å². The highest BCUT2D eigenvalue weighted by molar-refractivity contribution is 7.26. The Morgan fingerprint density at radius 1 is 0.211 bits per heavy atom. The summed E-state index contributed by atoms with van der Waals surface area (Å²) in [4.78, 5) is 0. The summed E-state index contributed by atoms with van der Waals surface area (Å²) in [5.74, 6) is 0. The van der Waals surface area contributed by atoms with Crippen LogP contribution < -0.4 is 0 Å². The van der Waals surface area contributed by atoms with Crippen LogP contribution in [0.4, 0.5) is 0 Å². The summed E-state index contributed by atoms with van der Waals surface area (Å²) in [5, 5.41) is 23.3. The average Bonchev–Trinajstić information content (AvgIpc) is 3.62. The summed E-state index contributed by atoms with van der Waals surface area (Å²) in [5.41, 5.74) is 5.06. The molecule has 13 aromatic rings. The molecule has 0 radical (unpaired) electrons. The predicted octanol–water partition coefficient (Wildman–Crippen LogP) is 16.6. The van der Waals surface area contributed by atoms with E-state index in [2.05, 4.69) is 194 Å². The molecule has 0 aliphatic carbocycles. The van der Waals surface area contributed by atoms with E-state index in [9.17, 15) is 0 Å². The first-order chi connectivity index (χ1) is 28.2. The van der Waals surface area contributed by atoms with Gasteiger partial charge in [-0.1, -0.05) is 158 Å². The van der Waals surface area contributed by atoms with E-state index in [-0.39, 0.29) is 0 Å². The second kappa shape index (κ2) is 11.7. The molecule has 1 heterocycles. The third kappa shape index (κ3) is 4.49. The van der Waals surface area contributed by atoms with E-state index in [4.69, 9.17) is 0 Å². The molecule has 0 nitrogen and oxygen atoms in total. The van der Waals surface area contributed by atoms with Crippen molar-refractivity contribution < 1.29 is 0 Å². The quantitative estimate of drug-likeness (QED) is 0.122. The van der Waals surface area contributed by atoms with Crippen LogP contribution in [0.1, 0.15) is 0 Å². The van der Waals surface area contributed by atoms with Gasteiger partial charge in [0, 0.05) is 20.2 Å². The molecular weight excluding hydrogens is 705 g/mol. The van der Waals surface area contributed by atoms with Gasteiger partial charge in [0.15, 0.2) is 0 Å². The number of hydrogen-bond acceptors (Lipinski definition) is 1. The van der Waals surface area contributed by atoms with Crippen molar-refractivity contribution >= 4 is 118 Å². The maximum atomic E-state index is 2.47. The molecule has 262 valence electrons. The van der Waals surface area contributed by atoms with E-state index in [0.717, 1.165) is 0 Å². The molecular formula is C56H32S. The SMILES string of the molecule is c1ccc2cc3c(cc2c1)sc1cc2c4ccc(-c5c6ccccc6c(-c6ccc7ccc8ccccc8c7c6)c6ccccc56)cc4c4ccccc4c2cc13. The Balaban J connectivity index is 1.08. The minimum Gasteiger partial charge on any atom is -0.135 e. The Hall–Kier alpha value is -7.06. The Morgan fingerprint density at radius 2 is 0.614 bits per heavy atom. The Labute approximate surface area is 332 Å². The highest BCUT2D eigenvalue weighted by Gasteiger charge is 2.19. The molecule has 0 saturated carbocycles. The van der Waals surface area contributed by atoms with Gasteiger partial charge in [0.25, 0.3) is 0 Å². The van der Waals surface area contributed by atoms with Crippen molar-refractivity contribution in [2.45, 2.75) is 0 Å². The lowest BCUT2D eigenvalue weighted by Crippen LogP contribution is -1.91. The second-order valence-electron chi connectivity index (χ2n) is 15.6. The Morgan fingerprint density at radius 3 is 1.26 bits per heavy atom. The second-order valence-corrected chi connectivity index (χ2v) is 16.6.